The number of hydrogen-bond acceptors (Lipinski definition) is 5. The van der Waals surface area contributed by atoms with Gasteiger partial charge in [-0.2, -0.15) is 11.3 Å². The Morgan fingerprint density at radius 1 is 1.10 bits per heavy atom. The third-order valence-electron chi connectivity index (χ3n) is 8.01. The zero-order valence-corrected chi connectivity index (χ0v) is 25.9. The van der Waals surface area contributed by atoms with Crippen molar-refractivity contribution in [2.75, 3.05) is 44.5 Å². The number of fused-ring (bicyclic) bond motifs is 1. The van der Waals surface area contributed by atoms with E-state index in [1.54, 1.807) is 18.4 Å². The number of ether oxygens (including phenoxy) is 1. The smallest absolute Gasteiger partial charge is 0.222 e. The van der Waals surface area contributed by atoms with E-state index in [1.807, 2.05) is 42.8 Å². The molecule has 1 atom stereocenters. The maximum atomic E-state index is 13.1. The van der Waals surface area contributed by atoms with Gasteiger partial charge in [-0.05, 0) is 79.8 Å². The molecule has 1 fully saturated rings. The topological polar surface area (TPSA) is 75.6 Å². The number of para-hydroxylation sites is 1. The van der Waals surface area contributed by atoms with Crippen molar-refractivity contribution in [3.63, 3.8) is 0 Å². The number of nitrogens with zero attached hydrogens (tertiary/aromatic N) is 2. The lowest BCUT2D eigenvalue weighted by atomic mass is 9.91. The number of aromatic nitrogens is 1. The Kier molecular flexibility index (Phi) is 12.0. The number of hydrogen-bond donors (Lipinski definition) is 2. The number of carbonyl (C=O) groups excluding carboxylic acids is 2. The predicted molar refractivity (Wildman–Crippen MR) is 175 cm³/mol. The molecule has 0 aliphatic carbocycles. The zero-order chi connectivity index (χ0) is 29.7. The van der Waals surface area contributed by atoms with Gasteiger partial charge in [-0.25, -0.2) is 0 Å². The standard InChI is InChI=1S/C29H37N3O3.C5H7NS/c1-22-26-10-3-4-11-27(26)32(18-7-19-35-2)29(22)24-9-6-17-31(20-24)28(34)12-5-8-23-13-15-25(16-14-23)30-21-33;1-6-5-2-3-7-4-5/h3-4,10-11,13-16,21,24H,5-9,12,17-20H2,1-2H3,(H,30,33);2-4,6H,1H3. The number of likely N-dealkylation sites (tertiary alicyclic amines) is 1. The van der Waals surface area contributed by atoms with Crippen LogP contribution >= 0.6 is 11.3 Å². The molecule has 1 saturated heterocycles. The molecule has 2 aromatic carbocycles. The van der Waals surface area contributed by atoms with E-state index in [4.69, 9.17) is 4.74 Å². The highest BCUT2D eigenvalue weighted by molar-refractivity contribution is 7.08. The number of anilines is 2. The highest BCUT2D eigenvalue weighted by Crippen LogP contribution is 2.36. The van der Waals surface area contributed by atoms with Crippen molar-refractivity contribution in [3.05, 3.63) is 82.2 Å². The number of benzene rings is 2. The molecule has 5 rings (SSSR count). The molecule has 1 aliphatic heterocycles. The fourth-order valence-electron chi connectivity index (χ4n) is 5.90. The van der Waals surface area contributed by atoms with Gasteiger partial charge in [0.25, 0.3) is 0 Å². The lowest BCUT2D eigenvalue weighted by Crippen LogP contribution is -2.39. The molecule has 1 aliphatic rings. The highest BCUT2D eigenvalue weighted by Gasteiger charge is 2.29. The van der Waals surface area contributed by atoms with Gasteiger partial charge < -0.3 is 24.8 Å². The first-order valence-electron chi connectivity index (χ1n) is 14.9. The minimum absolute atomic E-state index is 0.258. The molecule has 42 heavy (non-hydrogen) atoms. The maximum Gasteiger partial charge on any atom is 0.222 e. The van der Waals surface area contributed by atoms with E-state index in [1.165, 1.54) is 33.4 Å². The second kappa shape index (κ2) is 16.1. The third kappa shape index (κ3) is 8.23. The molecular weight excluding hydrogens is 544 g/mol. The molecule has 8 heteroatoms. The Balaban J connectivity index is 0.000000507. The first kappa shape index (κ1) is 31.3. The van der Waals surface area contributed by atoms with Crippen LogP contribution in [0.15, 0.2) is 65.4 Å². The van der Waals surface area contributed by atoms with Crippen LogP contribution in [-0.2, 0) is 27.3 Å². The molecule has 0 saturated carbocycles. The van der Waals surface area contributed by atoms with Crippen LogP contribution < -0.4 is 10.6 Å². The van der Waals surface area contributed by atoms with Crippen molar-refractivity contribution in [3.8, 4) is 0 Å². The molecule has 2 N–H and O–H groups in total. The van der Waals surface area contributed by atoms with E-state index < -0.39 is 0 Å². The number of rotatable bonds is 12. The molecule has 2 aromatic heterocycles. The van der Waals surface area contributed by atoms with E-state index in [9.17, 15) is 9.59 Å². The van der Waals surface area contributed by atoms with Crippen LogP contribution in [0.1, 0.15) is 54.8 Å². The number of aryl methyl sites for hydroxylation is 3. The van der Waals surface area contributed by atoms with Crippen LogP contribution in [-0.4, -0.2) is 55.6 Å². The molecular formula is C34H44N4O3S. The summed E-state index contributed by atoms with van der Waals surface area (Å²) in [5, 5.41) is 11.1. The molecule has 3 heterocycles. The summed E-state index contributed by atoms with van der Waals surface area (Å²) < 4.78 is 7.80. The van der Waals surface area contributed by atoms with Crippen LogP contribution in [0.4, 0.5) is 11.4 Å². The average Bonchev–Trinajstić information content (AvgIpc) is 3.65. The van der Waals surface area contributed by atoms with Gasteiger partial charge in [-0.15, -0.1) is 0 Å². The van der Waals surface area contributed by atoms with Crippen molar-refractivity contribution < 1.29 is 14.3 Å². The van der Waals surface area contributed by atoms with Gasteiger partial charge in [0.05, 0.1) is 0 Å². The second-order valence-corrected chi connectivity index (χ2v) is 11.6. The Bertz CT molecular complexity index is 1400. The molecule has 0 bridgehead atoms. The van der Waals surface area contributed by atoms with Crippen molar-refractivity contribution in [1.82, 2.24) is 9.47 Å². The fourth-order valence-corrected chi connectivity index (χ4v) is 6.55. The SMILES string of the molecule is CNc1ccsc1.COCCCn1c(C2CCCN(C(=O)CCCc3ccc(NC=O)cc3)C2)c(C)c2ccccc21. The monoisotopic (exact) mass is 588 g/mol. The Labute approximate surface area is 253 Å². The molecule has 4 aromatic rings. The van der Waals surface area contributed by atoms with Gasteiger partial charge >= 0.3 is 0 Å². The van der Waals surface area contributed by atoms with Crippen LogP contribution in [0.25, 0.3) is 10.9 Å². The number of amides is 2. The summed E-state index contributed by atoms with van der Waals surface area (Å²) in [5.74, 6) is 0.620. The Morgan fingerprint density at radius 2 is 1.90 bits per heavy atom. The maximum absolute atomic E-state index is 13.1. The van der Waals surface area contributed by atoms with Gasteiger partial charge in [0, 0.05) is 86.1 Å². The average molecular weight is 589 g/mol. The number of carbonyl (C=O) groups is 2. The van der Waals surface area contributed by atoms with E-state index in [2.05, 4.69) is 56.7 Å². The van der Waals surface area contributed by atoms with Crippen molar-refractivity contribution in [2.45, 2.75) is 57.9 Å². The fraction of sp³-hybridized carbons (Fsp3) is 0.412. The minimum atomic E-state index is 0.258. The number of nitrogens with one attached hydrogen (secondary N) is 2. The van der Waals surface area contributed by atoms with Crippen molar-refractivity contribution in [1.29, 1.82) is 0 Å². The first-order chi connectivity index (χ1) is 20.5. The zero-order valence-electron chi connectivity index (χ0n) is 25.1. The van der Waals surface area contributed by atoms with Crippen molar-refractivity contribution in [2.24, 2.45) is 0 Å². The normalized spacial score (nSPS) is 14.7. The van der Waals surface area contributed by atoms with E-state index in [0.29, 0.717) is 18.7 Å². The number of methoxy groups -OCH3 is 1. The molecule has 0 radical (unpaired) electrons. The second-order valence-electron chi connectivity index (χ2n) is 10.8. The summed E-state index contributed by atoms with van der Waals surface area (Å²) in [4.78, 5) is 25.7. The summed E-state index contributed by atoms with van der Waals surface area (Å²) in [5.41, 5.74) is 7.20. The van der Waals surface area contributed by atoms with Gasteiger partial charge in [0.15, 0.2) is 0 Å². The van der Waals surface area contributed by atoms with Crippen LogP contribution in [0.2, 0.25) is 0 Å². The van der Waals surface area contributed by atoms with Crippen molar-refractivity contribution >= 4 is 45.9 Å². The quantitative estimate of drug-likeness (QED) is 0.137. The van der Waals surface area contributed by atoms with Crippen LogP contribution in [0.3, 0.4) is 0 Å². The summed E-state index contributed by atoms with van der Waals surface area (Å²) >= 11 is 1.70. The van der Waals surface area contributed by atoms with E-state index in [-0.39, 0.29) is 5.91 Å². The van der Waals surface area contributed by atoms with Crippen LogP contribution in [0.5, 0.6) is 0 Å². The van der Waals surface area contributed by atoms with Gasteiger partial charge in [0.2, 0.25) is 12.3 Å². The Morgan fingerprint density at radius 3 is 2.60 bits per heavy atom. The lowest BCUT2D eigenvalue weighted by molar-refractivity contribution is -0.132. The largest absolute Gasteiger partial charge is 0.387 e. The van der Waals surface area contributed by atoms with Gasteiger partial charge in [-0.3, -0.25) is 9.59 Å². The van der Waals surface area contributed by atoms with Crippen LogP contribution in [0, 0.1) is 6.92 Å². The summed E-state index contributed by atoms with van der Waals surface area (Å²) in [6.45, 7) is 5.57. The molecule has 0 spiro atoms. The van der Waals surface area contributed by atoms with Gasteiger partial charge in [0.1, 0.15) is 0 Å². The third-order valence-corrected chi connectivity index (χ3v) is 8.69. The summed E-state index contributed by atoms with van der Waals surface area (Å²) in [6, 6.07) is 18.5. The molecule has 2 amide bonds. The lowest BCUT2D eigenvalue weighted by Gasteiger charge is -2.34. The summed E-state index contributed by atoms with van der Waals surface area (Å²) in [7, 11) is 3.67. The Hall–Kier alpha value is -3.62. The highest BCUT2D eigenvalue weighted by atomic mass is 32.1. The number of piperidine rings is 1. The first-order valence-corrected chi connectivity index (χ1v) is 15.8. The van der Waals surface area contributed by atoms with E-state index in [0.717, 1.165) is 64.0 Å². The molecule has 224 valence electrons. The van der Waals surface area contributed by atoms with Gasteiger partial charge in [-0.1, -0.05) is 30.3 Å². The number of thiophene rings is 1. The minimum Gasteiger partial charge on any atom is -0.387 e. The molecule has 7 nitrogen and oxygen atoms in total. The van der Waals surface area contributed by atoms with E-state index >= 15 is 0 Å². The summed E-state index contributed by atoms with van der Waals surface area (Å²) in [6.07, 6.45) is 6.07. The predicted octanol–water partition coefficient (Wildman–Crippen LogP) is 7.07. The molecule has 1 unspecified atom stereocenters.